The van der Waals surface area contributed by atoms with Crippen molar-refractivity contribution < 1.29 is 28.6 Å². The largest absolute Gasteiger partial charge is 0.508 e. The van der Waals surface area contributed by atoms with E-state index in [-0.39, 0.29) is 41.1 Å². The van der Waals surface area contributed by atoms with Crippen LogP contribution >= 0.6 is 0 Å². The minimum atomic E-state index is -0.178. The number of ether oxygens (including phenoxy) is 1. The fraction of sp³-hybridized carbons (Fsp3) is 0.386. The van der Waals surface area contributed by atoms with Crippen LogP contribution < -0.4 is 25.2 Å². The zero-order valence-electron chi connectivity index (χ0n) is 31.0. The SMILES string of the molecule is O=C1CCCC(=O)N1.O=C1NCc2cc(N3CCN(CC4CCN(c5ccc([C@@H]6c7ccc(O)cc7OCC6c6ccccc6)cc5F)CC4)CC3)ccc21. The third-order valence-electron chi connectivity index (χ3n) is 11.8. The highest BCUT2D eigenvalue weighted by molar-refractivity contribution is 5.99. The number of rotatable bonds is 6. The summed E-state index contributed by atoms with van der Waals surface area (Å²) in [5, 5.41) is 15.2. The van der Waals surface area contributed by atoms with Gasteiger partial charge >= 0.3 is 0 Å². The Balaban J connectivity index is 0.000000477. The van der Waals surface area contributed by atoms with Crippen LogP contribution in [0.15, 0.2) is 84.9 Å². The lowest BCUT2D eigenvalue weighted by atomic mass is 9.76. The maximum Gasteiger partial charge on any atom is 0.251 e. The van der Waals surface area contributed by atoms with Crippen molar-refractivity contribution in [3.63, 3.8) is 0 Å². The number of hydrogen-bond acceptors (Lipinski definition) is 8. The van der Waals surface area contributed by atoms with Crippen molar-refractivity contribution in [3.8, 4) is 11.5 Å². The molecule has 3 N–H and O–H groups in total. The summed E-state index contributed by atoms with van der Waals surface area (Å²) in [6.07, 6.45) is 3.84. The summed E-state index contributed by atoms with van der Waals surface area (Å²) in [5.41, 5.74) is 6.84. The Hall–Kier alpha value is -5.42. The van der Waals surface area contributed by atoms with E-state index >= 15 is 4.39 Å². The van der Waals surface area contributed by atoms with Gasteiger partial charge in [0.05, 0.1) is 12.3 Å². The minimum absolute atomic E-state index is 0.0304. The normalized spacial score (nSPS) is 21.4. The molecule has 0 radical (unpaired) electrons. The second kappa shape index (κ2) is 16.1. The second-order valence-corrected chi connectivity index (χ2v) is 15.3. The van der Waals surface area contributed by atoms with Gasteiger partial charge in [0.25, 0.3) is 5.91 Å². The molecule has 4 aromatic carbocycles. The predicted octanol–water partition coefficient (Wildman–Crippen LogP) is 5.93. The van der Waals surface area contributed by atoms with Crippen molar-refractivity contribution in [2.24, 2.45) is 5.92 Å². The highest BCUT2D eigenvalue weighted by Gasteiger charge is 2.35. The van der Waals surface area contributed by atoms with Gasteiger partial charge in [0, 0.05) is 99.9 Å². The number of phenols is 1. The van der Waals surface area contributed by atoms with Crippen LogP contribution in [0.25, 0.3) is 0 Å². The van der Waals surface area contributed by atoms with Crippen LogP contribution in [0.3, 0.4) is 0 Å². The number of nitrogens with one attached hydrogen (secondary N) is 2. The molecular formula is C44H48FN5O5. The number of halogens is 1. The monoisotopic (exact) mass is 745 g/mol. The maximum atomic E-state index is 16.0. The fourth-order valence-corrected chi connectivity index (χ4v) is 8.79. The fourth-order valence-electron chi connectivity index (χ4n) is 8.79. The Morgan fingerprint density at radius 1 is 0.782 bits per heavy atom. The highest BCUT2D eigenvalue weighted by Crippen LogP contribution is 2.47. The van der Waals surface area contributed by atoms with Crippen LogP contribution in [0.1, 0.15) is 76.6 Å². The Kier molecular flexibility index (Phi) is 10.7. The third-order valence-corrected chi connectivity index (χ3v) is 11.8. The number of carbonyl (C=O) groups excluding carboxylic acids is 3. The van der Waals surface area contributed by atoms with Gasteiger partial charge in [0.1, 0.15) is 17.3 Å². The van der Waals surface area contributed by atoms with E-state index in [2.05, 4.69) is 55.7 Å². The van der Waals surface area contributed by atoms with Gasteiger partial charge in [-0.2, -0.15) is 0 Å². The molecule has 3 fully saturated rings. The average molecular weight is 746 g/mol. The van der Waals surface area contributed by atoms with Crippen molar-refractivity contribution in [1.29, 1.82) is 0 Å². The molecule has 5 aliphatic rings. The van der Waals surface area contributed by atoms with Gasteiger partial charge < -0.3 is 25.0 Å². The molecule has 9 rings (SSSR count). The van der Waals surface area contributed by atoms with E-state index in [1.807, 2.05) is 36.4 Å². The van der Waals surface area contributed by atoms with Crippen LogP contribution in [0.2, 0.25) is 0 Å². The van der Waals surface area contributed by atoms with E-state index in [9.17, 15) is 19.5 Å². The first-order chi connectivity index (χ1) is 26.8. The lowest BCUT2D eigenvalue weighted by Crippen LogP contribution is -2.49. The number of nitrogens with zero attached hydrogens (tertiary/aromatic N) is 3. The molecule has 10 nitrogen and oxygen atoms in total. The Morgan fingerprint density at radius 3 is 2.25 bits per heavy atom. The van der Waals surface area contributed by atoms with Crippen LogP contribution in [-0.4, -0.2) is 80.1 Å². The summed E-state index contributed by atoms with van der Waals surface area (Å²) in [6, 6.07) is 27.5. The molecule has 5 aliphatic heterocycles. The number of piperazine rings is 1. The molecule has 4 aromatic rings. The van der Waals surface area contributed by atoms with Gasteiger partial charge in [-0.05, 0) is 78.3 Å². The summed E-state index contributed by atoms with van der Waals surface area (Å²) in [7, 11) is 0. The number of amides is 3. The van der Waals surface area contributed by atoms with Crippen molar-refractivity contribution >= 4 is 29.1 Å². The van der Waals surface area contributed by atoms with Crippen LogP contribution in [0, 0.1) is 11.7 Å². The number of aromatic hydroxyl groups is 1. The lowest BCUT2D eigenvalue weighted by Gasteiger charge is -2.40. The van der Waals surface area contributed by atoms with Crippen LogP contribution in [0.4, 0.5) is 15.8 Å². The summed E-state index contributed by atoms with van der Waals surface area (Å²) in [6.45, 7) is 7.92. The van der Waals surface area contributed by atoms with Gasteiger partial charge in [-0.3, -0.25) is 24.6 Å². The zero-order valence-corrected chi connectivity index (χ0v) is 31.0. The molecule has 2 atom stereocenters. The average Bonchev–Trinajstić information content (AvgIpc) is 3.58. The van der Waals surface area contributed by atoms with Gasteiger partial charge in [0.15, 0.2) is 0 Å². The molecule has 0 bridgehead atoms. The summed E-state index contributed by atoms with van der Waals surface area (Å²) < 4.78 is 22.1. The van der Waals surface area contributed by atoms with E-state index in [1.54, 1.807) is 18.2 Å². The molecule has 0 aromatic heterocycles. The smallest absolute Gasteiger partial charge is 0.251 e. The van der Waals surface area contributed by atoms with Crippen molar-refractivity contribution in [2.75, 3.05) is 62.2 Å². The number of piperidine rings is 2. The molecule has 55 heavy (non-hydrogen) atoms. The van der Waals surface area contributed by atoms with Gasteiger partial charge in [-0.1, -0.05) is 42.5 Å². The van der Waals surface area contributed by atoms with Gasteiger partial charge in [-0.25, -0.2) is 4.39 Å². The molecule has 0 aliphatic carbocycles. The Bertz CT molecular complexity index is 2030. The molecule has 11 heteroatoms. The van der Waals surface area contributed by atoms with E-state index < -0.39 is 0 Å². The quantitative estimate of drug-likeness (QED) is 0.208. The third kappa shape index (κ3) is 8.17. The number of hydrogen-bond donors (Lipinski definition) is 3. The first kappa shape index (κ1) is 36.6. The van der Waals surface area contributed by atoms with Crippen molar-refractivity contribution in [3.05, 3.63) is 119 Å². The highest BCUT2D eigenvalue weighted by atomic mass is 19.1. The number of carbonyl (C=O) groups is 3. The number of fused-ring (bicyclic) bond motifs is 2. The molecule has 3 amide bonds. The molecule has 286 valence electrons. The van der Waals surface area contributed by atoms with Crippen molar-refractivity contribution in [2.45, 2.75) is 50.5 Å². The number of imide groups is 1. The number of benzene rings is 4. The van der Waals surface area contributed by atoms with Crippen LogP contribution in [-0.2, 0) is 16.1 Å². The molecule has 3 saturated heterocycles. The first-order valence-corrected chi connectivity index (χ1v) is 19.5. The van der Waals surface area contributed by atoms with E-state index in [4.69, 9.17) is 4.74 Å². The second-order valence-electron chi connectivity index (χ2n) is 15.3. The van der Waals surface area contributed by atoms with Crippen LogP contribution in [0.5, 0.6) is 11.5 Å². The summed E-state index contributed by atoms with van der Waals surface area (Å²) in [5.74, 6) is 0.966. The zero-order chi connectivity index (χ0) is 37.9. The molecule has 5 heterocycles. The number of anilines is 2. The lowest BCUT2D eigenvalue weighted by molar-refractivity contribution is -0.132. The van der Waals surface area contributed by atoms with E-state index in [0.717, 1.165) is 86.5 Å². The van der Waals surface area contributed by atoms with Gasteiger partial charge in [0.2, 0.25) is 11.8 Å². The summed E-state index contributed by atoms with van der Waals surface area (Å²) in [4.78, 5) is 39.8. The summed E-state index contributed by atoms with van der Waals surface area (Å²) >= 11 is 0. The minimum Gasteiger partial charge on any atom is -0.508 e. The Morgan fingerprint density at radius 2 is 1.55 bits per heavy atom. The number of phenolic OH excluding ortho intramolecular Hbond substituents is 1. The van der Waals surface area contributed by atoms with E-state index in [0.29, 0.717) is 49.8 Å². The van der Waals surface area contributed by atoms with Crippen molar-refractivity contribution in [1.82, 2.24) is 15.5 Å². The first-order valence-electron chi connectivity index (χ1n) is 19.5. The molecule has 0 saturated carbocycles. The van der Waals surface area contributed by atoms with Gasteiger partial charge in [-0.15, -0.1) is 0 Å². The molecular weight excluding hydrogens is 698 g/mol. The Labute approximate surface area is 321 Å². The molecule has 1 unspecified atom stereocenters. The predicted molar refractivity (Wildman–Crippen MR) is 209 cm³/mol. The van der Waals surface area contributed by atoms with E-state index in [1.165, 1.54) is 5.69 Å². The molecule has 0 spiro atoms. The topological polar surface area (TPSA) is 114 Å². The maximum absolute atomic E-state index is 16.0. The standard InChI is InChI=1S/C39H41FN4O3.C5H7NO2/c40-35-21-28(38-33-10-8-31(45)22-37(33)47-25-34(38)27-4-2-1-3-5-27)6-11-36(35)44-14-12-26(13-15-44)24-42-16-18-43(19-17-42)30-7-9-32-29(20-30)23-41-39(32)46;7-4-2-1-3-5(8)6-4/h1-11,20-22,26,34,38,45H,12-19,23-25H2,(H,41,46);1-3H2,(H,6,7,8)/t34?,38-;/m1./s1.